The lowest BCUT2D eigenvalue weighted by Gasteiger charge is -2.40. The number of rotatable bonds is 3. The normalized spacial score (nSPS) is 23.3. The molecule has 154 valence electrons. The van der Waals surface area contributed by atoms with Crippen molar-refractivity contribution < 1.29 is 8.42 Å². The summed E-state index contributed by atoms with van der Waals surface area (Å²) in [6.45, 7) is 9.72. The molecule has 0 aromatic carbocycles. The summed E-state index contributed by atoms with van der Waals surface area (Å²) in [6.07, 6.45) is 1.13. The van der Waals surface area contributed by atoms with E-state index in [1.54, 1.807) is 20.9 Å². The van der Waals surface area contributed by atoms with E-state index in [0.717, 1.165) is 32.0 Å². The molecule has 0 bridgehead atoms. The smallest absolute Gasteiger partial charge is 0.193 e. The Hall–Kier alpha value is -0.390. The molecule has 2 aliphatic heterocycles. The Morgan fingerprint density at radius 3 is 2.81 bits per heavy atom. The summed E-state index contributed by atoms with van der Waals surface area (Å²) < 4.78 is 23.7. The van der Waals surface area contributed by atoms with Crippen LogP contribution in [0, 0.1) is 0 Å². The zero-order valence-corrected chi connectivity index (χ0v) is 20.5. The number of nitrogens with one attached hydrogen (secondary N) is 1. The van der Waals surface area contributed by atoms with Gasteiger partial charge in [-0.05, 0) is 44.2 Å². The van der Waals surface area contributed by atoms with Crippen molar-refractivity contribution >= 4 is 51.1 Å². The van der Waals surface area contributed by atoms with Crippen LogP contribution in [-0.4, -0.2) is 73.9 Å². The first-order valence-corrected chi connectivity index (χ1v) is 11.7. The van der Waals surface area contributed by atoms with Gasteiger partial charge in [0.1, 0.15) is 0 Å². The van der Waals surface area contributed by atoms with Gasteiger partial charge in [-0.15, -0.1) is 35.3 Å². The van der Waals surface area contributed by atoms with Crippen molar-refractivity contribution in [1.82, 2.24) is 15.1 Å². The molecule has 0 amide bonds. The number of thiophene rings is 1. The van der Waals surface area contributed by atoms with E-state index in [4.69, 9.17) is 0 Å². The molecule has 0 aliphatic carbocycles. The van der Waals surface area contributed by atoms with E-state index in [1.165, 1.54) is 10.4 Å². The van der Waals surface area contributed by atoms with Gasteiger partial charge in [-0.3, -0.25) is 9.89 Å². The molecule has 2 aliphatic rings. The molecule has 9 heteroatoms. The van der Waals surface area contributed by atoms with Crippen LogP contribution in [0.5, 0.6) is 0 Å². The summed E-state index contributed by atoms with van der Waals surface area (Å²) in [6, 6.07) is 2.63. The molecule has 1 unspecified atom stereocenters. The largest absolute Gasteiger partial charge is 0.355 e. The van der Waals surface area contributed by atoms with Gasteiger partial charge in [-0.1, -0.05) is 0 Å². The van der Waals surface area contributed by atoms with Crippen LogP contribution in [-0.2, 0) is 22.8 Å². The predicted octanol–water partition coefficient (Wildman–Crippen LogP) is 2.20. The number of nitrogens with zero attached hydrogens (tertiary/aromatic N) is 3. The number of halogens is 1. The lowest BCUT2D eigenvalue weighted by molar-refractivity contribution is 0.191. The highest BCUT2D eigenvalue weighted by molar-refractivity contribution is 14.0. The highest BCUT2D eigenvalue weighted by Gasteiger charge is 2.41. The third-order valence-corrected chi connectivity index (χ3v) is 9.13. The van der Waals surface area contributed by atoms with Gasteiger partial charge in [0.2, 0.25) is 0 Å². The van der Waals surface area contributed by atoms with Crippen LogP contribution in [0.25, 0.3) is 0 Å². The van der Waals surface area contributed by atoms with Gasteiger partial charge in [0, 0.05) is 50.7 Å². The van der Waals surface area contributed by atoms with Gasteiger partial charge in [0.15, 0.2) is 15.8 Å². The molecule has 3 rings (SSSR count). The Kier molecular flexibility index (Phi) is 7.60. The molecule has 1 aromatic heterocycles. The van der Waals surface area contributed by atoms with E-state index < -0.39 is 14.6 Å². The van der Waals surface area contributed by atoms with Gasteiger partial charge in [0.05, 0.1) is 10.5 Å². The van der Waals surface area contributed by atoms with E-state index in [9.17, 15) is 8.42 Å². The maximum Gasteiger partial charge on any atom is 0.193 e. The standard InChI is InChI=1S/C18H30N4O2S2.HI/c1-14(21-7-5-16-15(12-21)6-9-25-16)11-20-17(19-4)22-8-10-26(23,24)18(2,3)13-22;/h6,9,14H,5,7-8,10-13H2,1-4H3,(H,19,20);1H. The van der Waals surface area contributed by atoms with Crippen LogP contribution in [0.1, 0.15) is 31.2 Å². The molecule has 1 aromatic rings. The summed E-state index contributed by atoms with van der Waals surface area (Å²) in [7, 11) is -1.27. The molecule has 0 saturated carbocycles. The minimum atomic E-state index is -3.04. The highest BCUT2D eigenvalue weighted by Crippen LogP contribution is 2.25. The molecular formula is C18H31IN4O2S2. The third-order valence-electron chi connectivity index (χ3n) is 5.57. The predicted molar refractivity (Wildman–Crippen MR) is 124 cm³/mol. The van der Waals surface area contributed by atoms with E-state index >= 15 is 0 Å². The Balaban J connectivity index is 0.00000261. The number of sulfone groups is 1. The molecule has 1 atom stereocenters. The minimum absolute atomic E-state index is 0. The first kappa shape index (κ1) is 22.9. The summed E-state index contributed by atoms with van der Waals surface area (Å²) in [5.74, 6) is 0.983. The van der Waals surface area contributed by atoms with Gasteiger partial charge < -0.3 is 10.2 Å². The molecule has 6 nitrogen and oxygen atoms in total. The molecule has 0 radical (unpaired) electrons. The van der Waals surface area contributed by atoms with Crippen LogP contribution < -0.4 is 5.32 Å². The zero-order valence-electron chi connectivity index (χ0n) is 16.6. The highest BCUT2D eigenvalue weighted by atomic mass is 127. The first-order valence-electron chi connectivity index (χ1n) is 9.21. The van der Waals surface area contributed by atoms with Crippen molar-refractivity contribution in [2.75, 3.05) is 39.0 Å². The molecule has 1 fully saturated rings. The minimum Gasteiger partial charge on any atom is -0.355 e. The maximum absolute atomic E-state index is 12.2. The maximum atomic E-state index is 12.2. The fourth-order valence-electron chi connectivity index (χ4n) is 3.67. The van der Waals surface area contributed by atoms with Gasteiger partial charge in [-0.25, -0.2) is 8.42 Å². The van der Waals surface area contributed by atoms with Crippen molar-refractivity contribution in [3.8, 4) is 0 Å². The molecule has 1 N–H and O–H groups in total. The molecule has 0 spiro atoms. The quantitative estimate of drug-likeness (QED) is 0.372. The Morgan fingerprint density at radius 1 is 1.41 bits per heavy atom. The summed E-state index contributed by atoms with van der Waals surface area (Å²) in [4.78, 5) is 10.5. The van der Waals surface area contributed by atoms with Gasteiger partial charge in [-0.2, -0.15) is 0 Å². The summed E-state index contributed by atoms with van der Waals surface area (Å²) >= 11 is 1.86. The van der Waals surface area contributed by atoms with Crippen molar-refractivity contribution in [1.29, 1.82) is 0 Å². The Morgan fingerprint density at radius 2 is 2.15 bits per heavy atom. The number of aliphatic imine (C=N–C) groups is 1. The van der Waals surface area contributed by atoms with Crippen molar-refractivity contribution in [2.24, 2.45) is 4.99 Å². The van der Waals surface area contributed by atoms with Crippen molar-refractivity contribution in [3.05, 3.63) is 21.9 Å². The molecule has 1 saturated heterocycles. The summed E-state index contributed by atoms with van der Waals surface area (Å²) in [5, 5.41) is 5.65. The number of hydrogen-bond acceptors (Lipinski definition) is 5. The second-order valence-corrected chi connectivity index (χ2v) is 11.6. The monoisotopic (exact) mass is 526 g/mol. The van der Waals surface area contributed by atoms with Crippen molar-refractivity contribution in [2.45, 2.75) is 44.5 Å². The fourth-order valence-corrected chi connectivity index (χ4v) is 5.93. The lowest BCUT2D eigenvalue weighted by atomic mass is 10.1. The second kappa shape index (κ2) is 8.96. The van der Waals surface area contributed by atoms with Gasteiger partial charge >= 0.3 is 0 Å². The van der Waals surface area contributed by atoms with E-state index in [0.29, 0.717) is 19.1 Å². The fraction of sp³-hybridized carbons (Fsp3) is 0.722. The van der Waals surface area contributed by atoms with Gasteiger partial charge in [0.25, 0.3) is 0 Å². The number of fused-ring (bicyclic) bond motifs is 1. The van der Waals surface area contributed by atoms with Crippen LogP contribution in [0.3, 0.4) is 0 Å². The molecule has 27 heavy (non-hydrogen) atoms. The van der Waals surface area contributed by atoms with E-state index in [-0.39, 0.29) is 29.7 Å². The Labute approximate surface area is 184 Å². The van der Waals surface area contributed by atoms with Crippen molar-refractivity contribution in [3.63, 3.8) is 0 Å². The lowest BCUT2D eigenvalue weighted by Crippen LogP contribution is -2.58. The Bertz CT molecular complexity index is 776. The van der Waals surface area contributed by atoms with E-state index in [1.807, 2.05) is 11.3 Å². The van der Waals surface area contributed by atoms with E-state index in [2.05, 4.69) is 38.5 Å². The second-order valence-electron chi connectivity index (χ2n) is 7.87. The SMILES string of the molecule is CN=C(NCC(C)N1CCc2sccc2C1)N1CCS(=O)(=O)C(C)(C)C1.I. The third kappa shape index (κ3) is 4.97. The molecule has 3 heterocycles. The van der Waals surface area contributed by atoms with Crippen LogP contribution in [0.2, 0.25) is 0 Å². The average Bonchev–Trinajstić information content (AvgIpc) is 3.06. The first-order chi connectivity index (χ1) is 12.2. The number of hydrogen-bond donors (Lipinski definition) is 1. The number of guanidine groups is 1. The average molecular weight is 527 g/mol. The topological polar surface area (TPSA) is 65.0 Å². The van der Waals surface area contributed by atoms with Crippen LogP contribution >= 0.6 is 35.3 Å². The van der Waals surface area contributed by atoms with Crippen LogP contribution in [0.15, 0.2) is 16.4 Å². The zero-order chi connectivity index (χ0) is 18.9. The summed E-state index contributed by atoms with van der Waals surface area (Å²) in [5.41, 5.74) is 1.46. The van der Waals surface area contributed by atoms with Crippen LogP contribution in [0.4, 0.5) is 0 Å². The molecular weight excluding hydrogens is 495 g/mol.